The number of hydrogen-bond donors (Lipinski definition) is 0. The van der Waals surface area contributed by atoms with Gasteiger partial charge in [0.1, 0.15) is 11.9 Å². The zero-order valence-electron chi connectivity index (χ0n) is 17.2. The maximum Gasteiger partial charge on any atom is 0.416 e. The first-order chi connectivity index (χ1) is 14.6. The van der Waals surface area contributed by atoms with Gasteiger partial charge in [0, 0.05) is 17.6 Å². The van der Waals surface area contributed by atoms with Crippen LogP contribution in [0.3, 0.4) is 0 Å². The summed E-state index contributed by atoms with van der Waals surface area (Å²) in [5.41, 5.74) is 0.753. The van der Waals surface area contributed by atoms with Gasteiger partial charge in [0.25, 0.3) is 0 Å². The molecule has 166 valence electrons. The van der Waals surface area contributed by atoms with Gasteiger partial charge in [-0.2, -0.15) is 13.2 Å². The third kappa shape index (κ3) is 4.51. The van der Waals surface area contributed by atoms with E-state index in [0.29, 0.717) is 16.8 Å². The Labute approximate surface area is 187 Å². The van der Waals surface area contributed by atoms with E-state index < -0.39 is 30.0 Å². The Morgan fingerprint density at radius 2 is 1.90 bits per heavy atom. The molecule has 0 unspecified atom stereocenters. The predicted molar refractivity (Wildman–Crippen MR) is 114 cm³/mol. The second-order valence-electron chi connectivity index (χ2n) is 8.10. The van der Waals surface area contributed by atoms with Crippen molar-refractivity contribution in [3.63, 3.8) is 0 Å². The highest BCUT2D eigenvalue weighted by Gasteiger charge is 2.41. The zero-order chi connectivity index (χ0) is 22.3. The summed E-state index contributed by atoms with van der Waals surface area (Å²) in [6, 6.07) is 7.20. The highest BCUT2D eigenvalue weighted by atomic mass is 79.9. The van der Waals surface area contributed by atoms with Crippen LogP contribution in [0, 0.1) is 6.92 Å². The molecule has 31 heavy (non-hydrogen) atoms. The first-order valence-electron chi connectivity index (χ1n) is 10.2. The maximum atomic E-state index is 13.2. The van der Waals surface area contributed by atoms with Crippen molar-refractivity contribution in [1.82, 2.24) is 9.88 Å². The van der Waals surface area contributed by atoms with Crippen LogP contribution in [0.1, 0.15) is 48.3 Å². The van der Waals surface area contributed by atoms with Crippen molar-refractivity contribution in [1.29, 1.82) is 0 Å². The van der Waals surface area contributed by atoms with Crippen molar-refractivity contribution < 1.29 is 22.7 Å². The van der Waals surface area contributed by atoms with E-state index in [1.54, 1.807) is 19.9 Å². The van der Waals surface area contributed by atoms with Gasteiger partial charge in [-0.05, 0) is 72.4 Å². The molecule has 2 aliphatic rings. The van der Waals surface area contributed by atoms with Crippen molar-refractivity contribution in [3.8, 4) is 0 Å². The molecule has 0 bridgehead atoms. The molecule has 1 aromatic heterocycles. The third-order valence-electron chi connectivity index (χ3n) is 5.80. The van der Waals surface area contributed by atoms with Crippen LogP contribution >= 0.6 is 15.9 Å². The zero-order valence-corrected chi connectivity index (χ0v) is 18.8. The van der Waals surface area contributed by atoms with Gasteiger partial charge in [0.2, 0.25) is 0 Å². The molecule has 0 aliphatic carbocycles. The molecule has 2 fully saturated rings. The Morgan fingerprint density at radius 3 is 2.58 bits per heavy atom. The molecule has 0 saturated carbocycles. The number of carbonyl (C=O) groups is 1. The molecule has 2 aliphatic heterocycles. The van der Waals surface area contributed by atoms with Crippen molar-refractivity contribution >= 4 is 27.8 Å². The van der Waals surface area contributed by atoms with Crippen LogP contribution in [-0.2, 0) is 17.5 Å². The lowest BCUT2D eigenvalue weighted by atomic mass is 9.98. The summed E-state index contributed by atoms with van der Waals surface area (Å²) in [4.78, 5) is 21.1. The summed E-state index contributed by atoms with van der Waals surface area (Å²) in [6.07, 6.45) is -3.56. The standard InChI is InChI=1S/C22H23BrF3N3O2/c1-13-9-15(11-16(10-13)22(24,25)26)20-14(2)29(21(30)31-20)12-18-17(23)5-6-19(27-18)28-7-3-4-8-28/h5-6,9-11,14,20H,3-4,7-8,12H2,1-2H3/t14-,20-/m0/s1. The molecule has 0 spiro atoms. The monoisotopic (exact) mass is 497 g/mol. The van der Waals surface area contributed by atoms with Gasteiger partial charge in [-0.3, -0.25) is 4.90 Å². The second-order valence-corrected chi connectivity index (χ2v) is 8.95. The van der Waals surface area contributed by atoms with Crippen LogP contribution in [-0.4, -0.2) is 35.1 Å². The Morgan fingerprint density at radius 1 is 1.19 bits per heavy atom. The number of aryl methyl sites for hydroxylation is 1. The topological polar surface area (TPSA) is 45.7 Å². The molecule has 4 rings (SSSR count). The fourth-order valence-corrected chi connectivity index (χ4v) is 4.51. The van der Waals surface area contributed by atoms with Crippen LogP contribution < -0.4 is 4.90 Å². The fourth-order valence-electron chi connectivity index (χ4n) is 4.17. The summed E-state index contributed by atoms with van der Waals surface area (Å²) < 4.78 is 46.0. The van der Waals surface area contributed by atoms with Crippen molar-refractivity contribution in [2.24, 2.45) is 0 Å². The first-order valence-corrected chi connectivity index (χ1v) is 11.0. The lowest BCUT2D eigenvalue weighted by Crippen LogP contribution is -2.32. The van der Waals surface area contributed by atoms with Crippen LogP contribution in [0.2, 0.25) is 0 Å². The number of cyclic esters (lactones) is 1. The number of anilines is 1. The van der Waals surface area contributed by atoms with Gasteiger partial charge in [0.05, 0.1) is 23.8 Å². The molecule has 2 aromatic rings. The minimum Gasteiger partial charge on any atom is -0.439 e. The number of nitrogens with zero attached hydrogens (tertiary/aromatic N) is 3. The van der Waals surface area contributed by atoms with Gasteiger partial charge in [-0.1, -0.05) is 11.6 Å². The summed E-state index contributed by atoms with van der Waals surface area (Å²) in [7, 11) is 0. The molecular weight excluding hydrogens is 475 g/mol. The van der Waals surface area contributed by atoms with Gasteiger partial charge in [-0.15, -0.1) is 0 Å². The van der Waals surface area contributed by atoms with Crippen LogP contribution in [0.25, 0.3) is 0 Å². The van der Waals surface area contributed by atoms with Gasteiger partial charge in [-0.25, -0.2) is 9.78 Å². The molecule has 2 atom stereocenters. The normalized spacial score (nSPS) is 21.7. The van der Waals surface area contributed by atoms with Crippen LogP contribution in [0.5, 0.6) is 0 Å². The van der Waals surface area contributed by atoms with E-state index in [0.717, 1.165) is 48.4 Å². The highest BCUT2D eigenvalue weighted by molar-refractivity contribution is 9.10. The molecule has 3 heterocycles. The largest absolute Gasteiger partial charge is 0.439 e. The average Bonchev–Trinajstić information content (AvgIpc) is 3.32. The van der Waals surface area contributed by atoms with Crippen LogP contribution in [0.4, 0.5) is 23.8 Å². The average molecular weight is 498 g/mol. The number of aromatic nitrogens is 1. The summed E-state index contributed by atoms with van der Waals surface area (Å²) >= 11 is 3.50. The number of halogens is 4. The van der Waals surface area contributed by atoms with Gasteiger partial charge >= 0.3 is 12.3 Å². The number of pyridine rings is 1. The molecule has 1 aromatic carbocycles. The first kappa shape index (κ1) is 21.9. The van der Waals surface area contributed by atoms with Crippen molar-refractivity contribution in [3.05, 3.63) is 57.2 Å². The quantitative estimate of drug-likeness (QED) is 0.531. The van der Waals surface area contributed by atoms with E-state index in [1.807, 2.05) is 12.1 Å². The van der Waals surface area contributed by atoms with E-state index in [2.05, 4.69) is 20.8 Å². The Bertz CT molecular complexity index is 992. The second kappa shape index (κ2) is 8.33. The lowest BCUT2D eigenvalue weighted by Gasteiger charge is -2.23. The lowest BCUT2D eigenvalue weighted by molar-refractivity contribution is -0.137. The van der Waals surface area contributed by atoms with Crippen LogP contribution in [0.15, 0.2) is 34.8 Å². The molecule has 1 amide bonds. The van der Waals surface area contributed by atoms with E-state index in [1.165, 1.54) is 4.90 Å². The molecule has 5 nitrogen and oxygen atoms in total. The predicted octanol–water partition coefficient (Wildman–Crippen LogP) is 5.85. The molecule has 2 saturated heterocycles. The number of hydrogen-bond acceptors (Lipinski definition) is 4. The summed E-state index contributed by atoms with van der Waals surface area (Å²) in [5.74, 6) is 0.862. The fraction of sp³-hybridized carbons (Fsp3) is 0.455. The SMILES string of the molecule is Cc1cc([C@H]2OC(=O)N(Cc3nc(N4CCCC4)ccc3Br)[C@H]2C)cc(C(F)(F)F)c1. The van der Waals surface area contributed by atoms with E-state index in [4.69, 9.17) is 9.72 Å². The summed E-state index contributed by atoms with van der Waals surface area (Å²) in [6.45, 7) is 5.49. The van der Waals surface area contributed by atoms with Gasteiger partial charge in [0.15, 0.2) is 0 Å². The molecule has 9 heteroatoms. The number of benzene rings is 1. The van der Waals surface area contributed by atoms with E-state index >= 15 is 0 Å². The van der Waals surface area contributed by atoms with Gasteiger partial charge < -0.3 is 9.64 Å². The Hall–Kier alpha value is -2.29. The molecule has 0 radical (unpaired) electrons. The smallest absolute Gasteiger partial charge is 0.416 e. The van der Waals surface area contributed by atoms with Crippen molar-refractivity contribution in [2.75, 3.05) is 18.0 Å². The number of alkyl halides is 3. The van der Waals surface area contributed by atoms with Crippen molar-refractivity contribution in [2.45, 2.75) is 51.6 Å². The van der Waals surface area contributed by atoms with E-state index in [-0.39, 0.29) is 6.54 Å². The number of amides is 1. The highest BCUT2D eigenvalue weighted by Crippen LogP contribution is 2.38. The van der Waals surface area contributed by atoms with E-state index in [9.17, 15) is 18.0 Å². The molecular formula is C22H23BrF3N3O2. The Kier molecular flexibility index (Phi) is 5.89. The molecule has 0 N–H and O–H groups in total. The number of ether oxygens (including phenoxy) is 1. The maximum absolute atomic E-state index is 13.2. The number of rotatable bonds is 4. The third-order valence-corrected chi connectivity index (χ3v) is 6.52. The minimum absolute atomic E-state index is 0.205. The summed E-state index contributed by atoms with van der Waals surface area (Å²) in [5, 5.41) is 0. The minimum atomic E-state index is -4.46. The number of carbonyl (C=O) groups excluding carboxylic acids is 1. The Balaban J connectivity index is 1.58.